The van der Waals surface area contributed by atoms with Crippen LogP contribution in [-0.4, -0.2) is 58.3 Å². The molecule has 10 nitrogen and oxygen atoms in total. The zero-order chi connectivity index (χ0) is 25.7. The second-order valence-corrected chi connectivity index (χ2v) is 8.62. The second-order valence-electron chi connectivity index (χ2n) is 8.62. The Morgan fingerprint density at radius 3 is 2.58 bits per heavy atom. The van der Waals surface area contributed by atoms with Gasteiger partial charge in [0.1, 0.15) is 18.4 Å². The highest BCUT2D eigenvalue weighted by molar-refractivity contribution is 6.00. The monoisotopic (exact) mass is 496 g/mol. The summed E-state index contributed by atoms with van der Waals surface area (Å²) in [6, 6.07) is 9.98. The first kappa shape index (κ1) is 25.1. The Morgan fingerprint density at radius 2 is 1.89 bits per heavy atom. The van der Waals surface area contributed by atoms with Gasteiger partial charge in [-0.05, 0) is 61.4 Å². The van der Waals surface area contributed by atoms with Crippen molar-refractivity contribution >= 4 is 17.5 Å². The number of nitrogens with one attached hydrogen (secondary N) is 1. The van der Waals surface area contributed by atoms with E-state index >= 15 is 0 Å². The summed E-state index contributed by atoms with van der Waals surface area (Å²) < 4.78 is 24.6. The Balaban J connectivity index is 1.55. The van der Waals surface area contributed by atoms with Crippen LogP contribution >= 0.6 is 0 Å². The molecule has 1 aliphatic rings. The van der Waals surface area contributed by atoms with Crippen LogP contribution in [-0.2, 0) is 16.1 Å². The largest absolute Gasteiger partial charge is 0.493 e. The first-order valence-electron chi connectivity index (χ1n) is 11.8. The molecule has 1 heterocycles. The van der Waals surface area contributed by atoms with Gasteiger partial charge in [0.25, 0.3) is 5.91 Å². The first-order chi connectivity index (χ1) is 17.4. The summed E-state index contributed by atoms with van der Waals surface area (Å²) in [4.78, 5) is 28.8. The third kappa shape index (κ3) is 5.61. The van der Waals surface area contributed by atoms with Crippen LogP contribution in [0.4, 0.5) is 10.1 Å². The number of methoxy groups -OCH3 is 2. The summed E-state index contributed by atoms with van der Waals surface area (Å²) in [5.74, 6) is 0.0562. The van der Waals surface area contributed by atoms with Crippen molar-refractivity contribution in [2.24, 2.45) is 0 Å². The lowest BCUT2D eigenvalue weighted by Crippen LogP contribution is -2.51. The van der Waals surface area contributed by atoms with Gasteiger partial charge in [-0.1, -0.05) is 18.9 Å². The molecule has 4 rings (SSSR count). The fourth-order valence-corrected chi connectivity index (χ4v) is 4.32. The van der Waals surface area contributed by atoms with Crippen LogP contribution in [0.25, 0.3) is 11.4 Å². The number of anilines is 1. The molecule has 1 fully saturated rings. The first-order valence-corrected chi connectivity index (χ1v) is 11.8. The summed E-state index contributed by atoms with van der Waals surface area (Å²) in [7, 11) is 3.06. The molecule has 0 spiro atoms. The second kappa shape index (κ2) is 11.1. The molecule has 1 saturated carbocycles. The van der Waals surface area contributed by atoms with Gasteiger partial charge >= 0.3 is 0 Å². The molecule has 0 bridgehead atoms. The van der Waals surface area contributed by atoms with Gasteiger partial charge in [0, 0.05) is 17.3 Å². The van der Waals surface area contributed by atoms with Crippen molar-refractivity contribution in [3.8, 4) is 22.9 Å². The van der Waals surface area contributed by atoms with Crippen molar-refractivity contribution in [3.63, 3.8) is 0 Å². The molecule has 11 heteroatoms. The fourth-order valence-electron chi connectivity index (χ4n) is 4.32. The number of aromatic nitrogens is 4. The average Bonchev–Trinajstić information content (AvgIpc) is 3.56. The zero-order valence-electron chi connectivity index (χ0n) is 20.5. The number of nitrogens with zero attached hydrogens (tertiary/aromatic N) is 5. The van der Waals surface area contributed by atoms with E-state index in [0.717, 1.165) is 30.5 Å². The van der Waals surface area contributed by atoms with Crippen LogP contribution in [0, 0.1) is 5.82 Å². The summed E-state index contributed by atoms with van der Waals surface area (Å²) in [5, 5.41) is 15.4. The Labute approximate surface area is 208 Å². The molecule has 1 unspecified atom stereocenters. The van der Waals surface area contributed by atoms with Gasteiger partial charge in [-0.25, -0.2) is 4.39 Å². The summed E-state index contributed by atoms with van der Waals surface area (Å²) >= 11 is 0. The van der Waals surface area contributed by atoms with E-state index in [0.29, 0.717) is 17.1 Å². The van der Waals surface area contributed by atoms with E-state index in [9.17, 15) is 14.0 Å². The molecule has 190 valence electrons. The van der Waals surface area contributed by atoms with Gasteiger partial charge in [-0.2, -0.15) is 4.80 Å². The van der Waals surface area contributed by atoms with Crippen molar-refractivity contribution in [2.45, 2.75) is 51.2 Å². The number of tetrazole rings is 1. The van der Waals surface area contributed by atoms with E-state index in [1.807, 2.05) is 0 Å². The maximum Gasteiger partial charge on any atom is 0.251 e. The van der Waals surface area contributed by atoms with E-state index < -0.39 is 17.8 Å². The van der Waals surface area contributed by atoms with Gasteiger partial charge < -0.3 is 14.8 Å². The minimum Gasteiger partial charge on any atom is -0.493 e. The number of halogens is 1. The molecule has 2 aromatic carbocycles. The predicted octanol–water partition coefficient (Wildman–Crippen LogP) is 2.98. The van der Waals surface area contributed by atoms with Crippen LogP contribution in [0.2, 0.25) is 0 Å². The third-order valence-corrected chi connectivity index (χ3v) is 6.19. The summed E-state index contributed by atoms with van der Waals surface area (Å²) in [6.07, 6.45) is 3.95. The van der Waals surface area contributed by atoms with E-state index in [2.05, 4.69) is 20.7 Å². The fraction of sp³-hybridized carbons (Fsp3) is 0.400. The highest BCUT2D eigenvalue weighted by Crippen LogP contribution is 2.30. The number of hydrogen-bond donors (Lipinski definition) is 1. The van der Waals surface area contributed by atoms with Crippen LogP contribution in [0.1, 0.15) is 32.6 Å². The minimum atomic E-state index is -0.867. The van der Waals surface area contributed by atoms with Gasteiger partial charge in [-0.3, -0.25) is 14.5 Å². The number of benzene rings is 2. The topological polar surface area (TPSA) is 111 Å². The van der Waals surface area contributed by atoms with Crippen LogP contribution < -0.4 is 19.7 Å². The normalized spacial score (nSPS) is 14.3. The number of rotatable bonds is 9. The number of carbonyl (C=O) groups excluding carboxylic acids is 2. The number of carbonyl (C=O) groups is 2. The maximum atomic E-state index is 14.0. The van der Waals surface area contributed by atoms with Crippen molar-refractivity contribution in [1.82, 2.24) is 25.5 Å². The van der Waals surface area contributed by atoms with Crippen LogP contribution in [0.5, 0.6) is 11.5 Å². The molecule has 0 saturated heterocycles. The lowest BCUT2D eigenvalue weighted by atomic mass is 10.1. The molecule has 3 aromatic rings. The SMILES string of the molecule is COc1ccc(-c2nnn(CC(=O)N(c3cccc(F)c3)C(C)C(=O)NC3CCCC3)n2)cc1OC. The zero-order valence-corrected chi connectivity index (χ0v) is 20.5. The standard InChI is InChI=1S/C25H29FN6O4/c1-16(25(34)27-19-8-4-5-9-19)32(20-10-6-7-18(26)14-20)23(33)15-31-29-24(28-30-31)17-11-12-21(35-2)22(13-17)36-3/h6-7,10-14,16,19H,4-5,8-9,15H2,1-3H3,(H,27,34). The maximum absolute atomic E-state index is 14.0. The molecule has 2 amide bonds. The number of hydrogen-bond acceptors (Lipinski definition) is 7. The molecular weight excluding hydrogens is 467 g/mol. The summed E-state index contributed by atoms with van der Waals surface area (Å²) in [6.45, 7) is 1.33. The van der Waals surface area contributed by atoms with Gasteiger partial charge in [0.05, 0.1) is 14.2 Å². The quantitative estimate of drug-likeness (QED) is 0.485. The van der Waals surface area contributed by atoms with E-state index in [4.69, 9.17) is 9.47 Å². The van der Waals surface area contributed by atoms with E-state index in [1.54, 1.807) is 31.2 Å². The molecular formula is C25H29FN6O4. The smallest absolute Gasteiger partial charge is 0.251 e. The minimum absolute atomic E-state index is 0.0884. The molecule has 0 radical (unpaired) electrons. The van der Waals surface area contributed by atoms with E-state index in [1.165, 1.54) is 37.3 Å². The van der Waals surface area contributed by atoms with Gasteiger partial charge in [0.2, 0.25) is 11.7 Å². The van der Waals surface area contributed by atoms with Crippen molar-refractivity contribution in [3.05, 3.63) is 48.3 Å². The lowest BCUT2D eigenvalue weighted by molar-refractivity contribution is -0.127. The highest BCUT2D eigenvalue weighted by Gasteiger charge is 2.30. The van der Waals surface area contributed by atoms with Gasteiger partial charge in [-0.15, -0.1) is 10.2 Å². The third-order valence-electron chi connectivity index (χ3n) is 6.19. The molecule has 1 aromatic heterocycles. The molecule has 36 heavy (non-hydrogen) atoms. The Hall–Kier alpha value is -4.02. The molecule has 0 aliphatic heterocycles. The Bertz CT molecular complexity index is 1230. The van der Waals surface area contributed by atoms with Crippen molar-refractivity contribution in [1.29, 1.82) is 0 Å². The Kier molecular flexibility index (Phi) is 7.77. The number of ether oxygens (including phenoxy) is 2. The number of amides is 2. The molecule has 1 atom stereocenters. The van der Waals surface area contributed by atoms with Crippen LogP contribution in [0.15, 0.2) is 42.5 Å². The van der Waals surface area contributed by atoms with Gasteiger partial charge in [0.15, 0.2) is 11.5 Å². The molecule has 1 aliphatic carbocycles. The highest BCUT2D eigenvalue weighted by atomic mass is 19.1. The molecule has 1 N–H and O–H groups in total. The van der Waals surface area contributed by atoms with Crippen molar-refractivity contribution in [2.75, 3.05) is 19.1 Å². The van der Waals surface area contributed by atoms with E-state index in [-0.39, 0.29) is 30.0 Å². The lowest BCUT2D eigenvalue weighted by Gasteiger charge is -2.29. The van der Waals surface area contributed by atoms with Crippen LogP contribution in [0.3, 0.4) is 0 Å². The summed E-state index contributed by atoms with van der Waals surface area (Å²) in [5.41, 5.74) is 0.895. The Morgan fingerprint density at radius 1 is 1.14 bits per heavy atom. The van der Waals surface area contributed by atoms with Crippen molar-refractivity contribution < 1.29 is 23.5 Å². The average molecular weight is 497 g/mol. The predicted molar refractivity (Wildman–Crippen MR) is 130 cm³/mol.